The van der Waals surface area contributed by atoms with Crippen LogP contribution in [0.4, 0.5) is 13.2 Å². The van der Waals surface area contributed by atoms with Gasteiger partial charge in [0.15, 0.2) is 0 Å². The van der Waals surface area contributed by atoms with E-state index in [2.05, 4.69) is 0 Å². The lowest BCUT2D eigenvalue weighted by Crippen LogP contribution is -2.39. The first-order chi connectivity index (χ1) is 9.36. The summed E-state index contributed by atoms with van der Waals surface area (Å²) in [4.78, 5) is 13.1. The van der Waals surface area contributed by atoms with Crippen molar-refractivity contribution in [3.8, 4) is 0 Å². The predicted molar refractivity (Wildman–Crippen MR) is 70.1 cm³/mol. The number of benzene rings is 1. The number of amides is 1. The third-order valence-electron chi connectivity index (χ3n) is 3.74. The zero-order chi connectivity index (χ0) is 14.8. The summed E-state index contributed by atoms with van der Waals surface area (Å²) in [5.74, 6) is 0.287. The number of likely N-dealkylation sites (tertiary alicyclic amines) is 1. The molecule has 0 saturated carbocycles. The third kappa shape index (κ3) is 3.74. The molecule has 0 spiro atoms. The second-order valence-corrected chi connectivity index (χ2v) is 5.38. The minimum atomic E-state index is -4.30. The van der Waals surface area contributed by atoms with E-state index in [9.17, 15) is 18.0 Å². The topological polar surface area (TPSA) is 20.3 Å². The molecule has 0 bridgehead atoms. The van der Waals surface area contributed by atoms with E-state index in [1.54, 1.807) is 11.0 Å². The van der Waals surface area contributed by atoms with Crippen LogP contribution in [0.3, 0.4) is 0 Å². The van der Waals surface area contributed by atoms with Crippen molar-refractivity contribution in [1.29, 1.82) is 0 Å². The summed E-state index contributed by atoms with van der Waals surface area (Å²) in [5, 5.41) is 0. The zero-order valence-electron chi connectivity index (χ0n) is 11.4. The fourth-order valence-electron chi connectivity index (χ4n) is 2.73. The van der Waals surface area contributed by atoms with Crippen LogP contribution in [0, 0.1) is 5.92 Å². The maximum absolute atomic E-state index is 12.7. The molecule has 0 N–H and O–H groups in total. The van der Waals surface area contributed by atoms with Gasteiger partial charge in [0.2, 0.25) is 5.91 Å². The fourth-order valence-corrected chi connectivity index (χ4v) is 2.73. The van der Waals surface area contributed by atoms with E-state index in [1.165, 1.54) is 19.1 Å². The maximum Gasteiger partial charge on any atom is 0.416 e. The van der Waals surface area contributed by atoms with Gasteiger partial charge in [-0.15, -0.1) is 0 Å². The Balaban J connectivity index is 2.04. The quantitative estimate of drug-likeness (QED) is 0.814. The first-order valence-corrected chi connectivity index (χ1v) is 6.78. The number of rotatable bonds is 2. The standard InChI is InChI=1S/C15H18F3NO/c1-11(20)19-7-3-5-13(10-19)8-12-4-2-6-14(9-12)15(16,17)18/h2,4,6,9,13H,3,5,7-8,10H2,1H3/t13-/m0/s1. The van der Waals surface area contributed by atoms with Crippen LogP contribution < -0.4 is 0 Å². The molecule has 0 unspecified atom stereocenters. The van der Waals surface area contributed by atoms with Gasteiger partial charge >= 0.3 is 6.18 Å². The van der Waals surface area contributed by atoms with Gasteiger partial charge in [-0.25, -0.2) is 0 Å². The molecule has 1 amide bonds. The minimum Gasteiger partial charge on any atom is -0.343 e. The minimum absolute atomic E-state index is 0.0405. The Morgan fingerprint density at radius 2 is 2.15 bits per heavy atom. The zero-order valence-corrected chi connectivity index (χ0v) is 11.4. The molecule has 0 radical (unpaired) electrons. The number of halogens is 3. The highest BCUT2D eigenvalue weighted by Crippen LogP contribution is 2.30. The SMILES string of the molecule is CC(=O)N1CCC[C@@H](Cc2cccc(C(F)(F)F)c2)C1. The van der Waals surface area contributed by atoms with Crippen LogP contribution in [0.1, 0.15) is 30.9 Å². The van der Waals surface area contributed by atoms with E-state index >= 15 is 0 Å². The monoisotopic (exact) mass is 285 g/mol. The molecule has 1 aliphatic heterocycles. The summed E-state index contributed by atoms with van der Waals surface area (Å²) < 4.78 is 38.0. The van der Waals surface area contributed by atoms with Gasteiger partial charge in [0.05, 0.1) is 5.56 Å². The van der Waals surface area contributed by atoms with Crippen molar-refractivity contribution in [3.05, 3.63) is 35.4 Å². The molecule has 1 fully saturated rings. The van der Waals surface area contributed by atoms with Crippen molar-refractivity contribution in [3.63, 3.8) is 0 Å². The van der Waals surface area contributed by atoms with Crippen LogP contribution in [0.15, 0.2) is 24.3 Å². The Labute approximate surface area is 116 Å². The summed E-state index contributed by atoms with van der Waals surface area (Å²) in [6.45, 7) is 2.94. The number of carbonyl (C=O) groups excluding carboxylic acids is 1. The third-order valence-corrected chi connectivity index (χ3v) is 3.74. The summed E-state index contributed by atoms with van der Waals surface area (Å²) in [6.07, 6.45) is -1.83. The predicted octanol–water partition coefficient (Wildman–Crippen LogP) is 3.51. The molecule has 1 aliphatic rings. The molecule has 1 atom stereocenters. The van der Waals surface area contributed by atoms with Gasteiger partial charge in [-0.05, 0) is 36.8 Å². The average Bonchev–Trinajstić information content (AvgIpc) is 2.38. The molecular weight excluding hydrogens is 267 g/mol. The Hall–Kier alpha value is -1.52. The first kappa shape index (κ1) is 14.9. The molecule has 1 aromatic carbocycles. The highest BCUT2D eigenvalue weighted by molar-refractivity contribution is 5.73. The molecule has 0 aromatic heterocycles. The number of nitrogens with zero attached hydrogens (tertiary/aromatic N) is 1. The van der Waals surface area contributed by atoms with Crippen LogP contribution in [0.25, 0.3) is 0 Å². The van der Waals surface area contributed by atoms with E-state index in [1.807, 2.05) is 0 Å². The smallest absolute Gasteiger partial charge is 0.343 e. The number of carbonyl (C=O) groups is 1. The molecule has 110 valence electrons. The van der Waals surface area contributed by atoms with Crippen LogP contribution in [0.5, 0.6) is 0 Å². The molecule has 1 saturated heterocycles. The lowest BCUT2D eigenvalue weighted by atomic mass is 9.90. The van der Waals surface area contributed by atoms with Crippen molar-refractivity contribution in [2.24, 2.45) is 5.92 Å². The van der Waals surface area contributed by atoms with Gasteiger partial charge in [0.25, 0.3) is 0 Å². The molecule has 2 nitrogen and oxygen atoms in total. The van der Waals surface area contributed by atoms with Crippen LogP contribution in [-0.4, -0.2) is 23.9 Å². The highest BCUT2D eigenvalue weighted by atomic mass is 19.4. The Morgan fingerprint density at radius 3 is 2.80 bits per heavy atom. The fraction of sp³-hybridized carbons (Fsp3) is 0.533. The van der Waals surface area contributed by atoms with Crippen molar-refractivity contribution < 1.29 is 18.0 Å². The van der Waals surface area contributed by atoms with E-state index in [-0.39, 0.29) is 11.8 Å². The first-order valence-electron chi connectivity index (χ1n) is 6.78. The van der Waals surface area contributed by atoms with E-state index in [4.69, 9.17) is 0 Å². The van der Waals surface area contributed by atoms with Crippen LogP contribution in [-0.2, 0) is 17.4 Å². The summed E-state index contributed by atoms with van der Waals surface area (Å²) in [6, 6.07) is 5.48. The second-order valence-electron chi connectivity index (χ2n) is 5.38. The van der Waals surface area contributed by atoms with Crippen molar-refractivity contribution in [2.45, 2.75) is 32.4 Å². The van der Waals surface area contributed by atoms with E-state index in [0.29, 0.717) is 18.5 Å². The Kier molecular flexibility index (Phi) is 4.35. The number of hydrogen-bond acceptors (Lipinski definition) is 1. The molecule has 1 aromatic rings. The second kappa shape index (κ2) is 5.85. The maximum atomic E-state index is 12.7. The van der Waals surface area contributed by atoms with Crippen molar-refractivity contribution in [1.82, 2.24) is 4.90 Å². The van der Waals surface area contributed by atoms with Crippen molar-refractivity contribution in [2.75, 3.05) is 13.1 Å². The van der Waals surface area contributed by atoms with Crippen LogP contribution in [0.2, 0.25) is 0 Å². The summed E-state index contributed by atoms with van der Waals surface area (Å²) in [5.41, 5.74) is 0.0875. The van der Waals surface area contributed by atoms with Gasteiger partial charge in [-0.3, -0.25) is 4.79 Å². The molecule has 2 rings (SSSR count). The highest BCUT2D eigenvalue weighted by Gasteiger charge is 2.30. The van der Waals surface area contributed by atoms with E-state index < -0.39 is 11.7 Å². The normalized spacial score (nSPS) is 20.0. The largest absolute Gasteiger partial charge is 0.416 e. The summed E-state index contributed by atoms with van der Waals surface area (Å²) >= 11 is 0. The Bertz CT molecular complexity index is 484. The molecular formula is C15H18F3NO. The molecule has 1 heterocycles. The van der Waals surface area contributed by atoms with E-state index in [0.717, 1.165) is 25.5 Å². The van der Waals surface area contributed by atoms with Crippen molar-refractivity contribution >= 4 is 5.91 Å². The van der Waals surface area contributed by atoms with Crippen LogP contribution >= 0.6 is 0 Å². The molecule has 0 aliphatic carbocycles. The van der Waals surface area contributed by atoms with Gasteiger partial charge in [-0.1, -0.05) is 18.2 Å². The Morgan fingerprint density at radius 1 is 1.40 bits per heavy atom. The molecule has 20 heavy (non-hydrogen) atoms. The van der Waals surface area contributed by atoms with Gasteiger partial charge in [0, 0.05) is 20.0 Å². The van der Waals surface area contributed by atoms with Gasteiger partial charge < -0.3 is 4.90 Å². The van der Waals surface area contributed by atoms with Gasteiger partial charge in [0.1, 0.15) is 0 Å². The number of piperidine rings is 1. The molecule has 5 heteroatoms. The lowest BCUT2D eigenvalue weighted by Gasteiger charge is -2.32. The number of alkyl halides is 3. The van der Waals surface area contributed by atoms with Gasteiger partial charge in [-0.2, -0.15) is 13.2 Å². The lowest BCUT2D eigenvalue weighted by molar-refractivity contribution is -0.137. The average molecular weight is 285 g/mol. The summed E-state index contributed by atoms with van der Waals surface area (Å²) in [7, 11) is 0. The number of hydrogen-bond donors (Lipinski definition) is 0.